The van der Waals surface area contributed by atoms with Crippen LogP contribution in [0.3, 0.4) is 0 Å². The molecule has 1 atom stereocenters. The monoisotopic (exact) mass is 376 g/mol. The van der Waals surface area contributed by atoms with Crippen LogP contribution in [-0.4, -0.2) is 29.2 Å². The number of carbonyl (C=O) groups is 2. The summed E-state index contributed by atoms with van der Waals surface area (Å²) in [7, 11) is 1.29. The predicted octanol–water partition coefficient (Wildman–Crippen LogP) is 3.69. The number of amides is 1. The van der Waals surface area contributed by atoms with Gasteiger partial charge in [-0.3, -0.25) is 4.79 Å². The highest BCUT2D eigenvalue weighted by atomic mass is 16.5. The molecule has 0 saturated carbocycles. The Balaban J connectivity index is 1.68. The van der Waals surface area contributed by atoms with Gasteiger partial charge in [-0.15, -0.1) is 10.2 Å². The molecule has 0 aliphatic heterocycles. The molecule has 7 heteroatoms. The average Bonchev–Trinajstić information content (AvgIpc) is 2.74. The molecule has 0 aliphatic rings. The van der Waals surface area contributed by atoms with Crippen molar-refractivity contribution in [1.29, 1.82) is 0 Å². The molecule has 1 unspecified atom stereocenters. The van der Waals surface area contributed by atoms with Crippen LogP contribution in [0, 0.1) is 0 Å². The lowest BCUT2D eigenvalue weighted by atomic mass is 10.1. The molecular weight excluding hydrogens is 356 g/mol. The van der Waals surface area contributed by atoms with E-state index in [2.05, 4.69) is 20.8 Å². The number of ether oxygens (including phenoxy) is 1. The molecule has 2 N–H and O–H groups in total. The summed E-state index contributed by atoms with van der Waals surface area (Å²) in [6.45, 7) is 2.02. The molecule has 3 rings (SSSR count). The molecule has 0 bridgehead atoms. The molecule has 2 aromatic carbocycles. The number of carbonyl (C=O) groups excluding carboxylic acids is 2. The number of aromatic nitrogens is 2. The smallest absolute Gasteiger partial charge is 0.339 e. The van der Waals surface area contributed by atoms with E-state index >= 15 is 0 Å². The van der Waals surface area contributed by atoms with Gasteiger partial charge in [0.05, 0.1) is 18.4 Å². The van der Waals surface area contributed by atoms with Gasteiger partial charge < -0.3 is 15.4 Å². The lowest BCUT2D eigenvalue weighted by Gasteiger charge is -2.14. The van der Waals surface area contributed by atoms with E-state index in [4.69, 9.17) is 4.74 Å². The third-order valence-corrected chi connectivity index (χ3v) is 4.14. The van der Waals surface area contributed by atoms with Gasteiger partial charge in [-0.05, 0) is 36.8 Å². The van der Waals surface area contributed by atoms with Gasteiger partial charge in [0.25, 0.3) is 5.91 Å². The number of rotatable bonds is 6. The second kappa shape index (κ2) is 8.77. The fourth-order valence-electron chi connectivity index (χ4n) is 2.64. The Morgan fingerprint density at radius 2 is 1.64 bits per heavy atom. The summed E-state index contributed by atoms with van der Waals surface area (Å²) >= 11 is 0. The molecule has 0 saturated heterocycles. The van der Waals surface area contributed by atoms with Crippen LogP contribution < -0.4 is 10.6 Å². The van der Waals surface area contributed by atoms with Crippen LogP contribution in [0.4, 0.5) is 11.5 Å². The molecule has 0 fully saturated rings. The van der Waals surface area contributed by atoms with E-state index in [9.17, 15) is 9.59 Å². The van der Waals surface area contributed by atoms with Gasteiger partial charge in [-0.1, -0.05) is 42.5 Å². The maximum Gasteiger partial charge on any atom is 0.339 e. The Hall–Kier alpha value is -3.74. The van der Waals surface area contributed by atoms with E-state index in [1.165, 1.54) is 7.11 Å². The van der Waals surface area contributed by atoms with Crippen molar-refractivity contribution in [2.45, 2.75) is 13.0 Å². The molecule has 28 heavy (non-hydrogen) atoms. The summed E-state index contributed by atoms with van der Waals surface area (Å²) in [4.78, 5) is 24.3. The topological polar surface area (TPSA) is 93.2 Å². The second-order valence-corrected chi connectivity index (χ2v) is 6.07. The third kappa shape index (κ3) is 4.50. The Morgan fingerprint density at radius 3 is 2.32 bits per heavy atom. The number of esters is 1. The van der Waals surface area contributed by atoms with E-state index in [0.29, 0.717) is 11.5 Å². The summed E-state index contributed by atoms with van der Waals surface area (Å²) < 4.78 is 4.73. The molecule has 1 aromatic heterocycles. The van der Waals surface area contributed by atoms with Gasteiger partial charge >= 0.3 is 5.97 Å². The maximum absolute atomic E-state index is 12.4. The van der Waals surface area contributed by atoms with E-state index in [1.807, 2.05) is 37.3 Å². The Kier molecular flexibility index (Phi) is 5.96. The Labute approximate surface area is 162 Å². The minimum Gasteiger partial charge on any atom is -0.465 e. The van der Waals surface area contributed by atoms with Crippen LogP contribution in [0.2, 0.25) is 0 Å². The molecule has 1 heterocycles. The van der Waals surface area contributed by atoms with Gasteiger partial charge in [0.2, 0.25) is 0 Å². The molecule has 3 aromatic rings. The standard InChI is InChI=1S/C21H20N4O3/c1-14(15-8-4-3-5-9-15)22-19-13-12-18(24-25-19)20(26)23-17-11-7-6-10-16(17)21(27)28-2/h3-14H,1-2H3,(H,22,25)(H,23,26). The number of hydrogen-bond donors (Lipinski definition) is 2. The summed E-state index contributed by atoms with van der Waals surface area (Å²) in [6, 6.07) is 19.8. The van der Waals surface area contributed by atoms with Crippen LogP contribution in [0.25, 0.3) is 0 Å². The normalized spacial score (nSPS) is 11.4. The van der Waals surface area contributed by atoms with Gasteiger partial charge in [0.15, 0.2) is 5.69 Å². The molecule has 1 amide bonds. The first kappa shape index (κ1) is 19.0. The molecule has 0 radical (unpaired) electrons. The Bertz CT molecular complexity index is 959. The number of methoxy groups -OCH3 is 1. The lowest BCUT2D eigenvalue weighted by molar-refractivity contribution is 0.0602. The van der Waals surface area contributed by atoms with Gasteiger partial charge in [-0.2, -0.15) is 0 Å². The number of para-hydroxylation sites is 1. The van der Waals surface area contributed by atoms with Crippen LogP contribution in [0.1, 0.15) is 39.4 Å². The first-order valence-electron chi connectivity index (χ1n) is 8.72. The summed E-state index contributed by atoms with van der Waals surface area (Å²) in [5, 5.41) is 13.9. The fourth-order valence-corrected chi connectivity index (χ4v) is 2.64. The number of nitrogens with one attached hydrogen (secondary N) is 2. The quantitative estimate of drug-likeness (QED) is 0.638. The maximum atomic E-state index is 12.4. The first-order chi connectivity index (χ1) is 13.6. The van der Waals surface area contributed by atoms with E-state index in [-0.39, 0.29) is 17.3 Å². The minimum absolute atomic E-state index is 0.0436. The first-order valence-corrected chi connectivity index (χ1v) is 8.72. The van der Waals surface area contributed by atoms with Gasteiger partial charge in [-0.25, -0.2) is 4.79 Å². The molecule has 142 valence electrons. The van der Waals surface area contributed by atoms with Gasteiger partial charge in [0, 0.05) is 6.04 Å². The summed E-state index contributed by atoms with van der Waals surface area (Å²) in [5.41, 5.74) is 1.87. The number of benzene rings is 2. The number of hydrogen-bond acceptors (Lipinski definition) is 6. The van der Waals surface area contributed by atoms with Crippen molar-refractivity contribution in [2.24, 2.45) is 0 Å². The van der Waals surface area contributed by atoms with Gasteiger partial charge in [0.1, 0.15) is 5.82 Å². The van der Waals surface area contributed by atoms with Crippen LogP contribution in [0.15, 0.2) is 66.7 Å². The molecule has 0 spiro atoms. The second-order valence-electron chi connectivity index (χ2n) is 6.07. The van der Waals surface area contributed by atoms with E-state index in [0.717, 1.165) is 5.56 Å². The highest BCUT2D eigenvalue weighted by Gasteiger charge is 2.15. The number of anilines is 2. The zero-order chi connectivity index (χ0) is 19.9. The predicted molar refractivity (Wildman–Crippen MR) is 106 cm³/mol. The van der Waals surface area contributed by atoms with Crippen molar-refractivity contribution < 1.29 is 14.3 Å². The van der Waals surface area contributed by atoms with Crippen LogP contribution in [-0.2, 0) is 4.74 Å². The van der Waals surface area contributed by atoms with E-state index < -0.39 is 11.9 Å². The highest BCUT2D eigenvalue weighted by Crippen LogP contribution is 2.18. The van der Waals surface area contributed by atoms with Crippen molar-refractivity contribution in [3.8, 4) is 0 Å². The molecule has 0 aliphatic carbocycles. The zero-order valence-electron chi connectivity index (χ0n) is 15.5. The van der Waals surface area contributed by atoms with Crippen molar-refractivity contribution in [3.63, 3.8) is 0 Å². The van der Waals surface area contributed by atoms with Crippen molar-refractivity contribution in [1.82, 2.24) is 10.2 Å². The minimum atomic E-state index is -0.531. The summed E-state index contributed by atoms with van der Waals surface area (Å²) in [6.07, 6.45) is 0. The molecule has 7 nitrogen and oxygen atoms in total. The number of nitrogens with zero attached hydrogens (tertiary/aromatic N) is 2. The van der Waals surface area contributed by atoms with Crippen molar-refractivity contribution in [3.05, 3.63) is 83.6 Å². The fraction of sp³-hybridized carbons (Fsp3) is 0.143. The SMILES string of the molecule is COC(=O)c1ccccc1NC(=O)c1ccc(NC(C)c2ccccc2)nn1. The third-order valence-electron chi connectivity index (χ3n) is 4.14. The highest BCUT2D eigenvalue weighted by molar-refractivity contribution is 6.07. The van der Waals surface area contributed by atoms with Crippen molar-refractivity contribution in [2.75, 3.05) is 17.7 Å². The molecular formula is C21H20N4O3. The van der Waals surface area contributed by atoms with Crippen LogP contribution >= 0.6 is 0 Å². The Morgan fingerprint density at radius 1 is 0.929 bits per heavy atom. The largest absolute Gasteiger partial charge is 0.465 e. The average molecular weight is 376 g/mol. The van der Waals surface area contributed by atoms with Crippen molar-refractivity contribution >= 4 is 23.4 Å². The zero-order valence-corrected chi connectivity index (χ0v) is 15.5. The summed E-state index contributed by atoms with van der Waals surface area (Å²) in [5.74, 6) is -0.439. The van der Waals surface area contributed by atoms with Crippen LogP contribution in [0.5, 0.6) is 0 Å². The lowest BCUT2D eigenvalue weighted by Crippen LogP contribution is -2.17. The van der Waals surface area contributed by atoms with E-state index in [1.54, 1.807) is 36.4 Å².